The Bertz CT molecular complexity index is 1020. The zero-order chi connectivity index (χ0) is 23.7. The molecule has 0 radical (unpaired) electrons. The number of β-amino-alcohol motifs (C(OH)–C–C–N with tert-alkyl or cyclic N) is 1. The number of amides is 2. The molecule has 8 heteroatoms. The standard InChI is InChI=1S/C26H34FN5O2/c1-19-21(3-2-4-24(19)27)17-32-25(34)31(18-26(32)9-11-30(12-10-26)13-14-33)23-7-5-20(6-8-23)22-15-28-29-16-22/h2-8,22,28-29,33H,9-18H2,1H3. The number of benzene rings is 2. The number of piperidine rings is 1. The lowest BCUT2D eigenvalue weighted by molar-refractivity contribution is 0.0639. The summed E-state index contributed by atoms with van der Waals surface area (Å²) in [6.07, 6.45) is 1.67. The van der Waals surface area contributed by atoms with Gasteiger partial charge in [0.15, 0.2) is 0 Å². The predicted octanol–water partition coefficient (Wildman–Crippen LogP) is 2.59. The van der Waals surface area contributed by atoms with Crippen molar-refractivity contribution in [3.63, 3.8) is 0 Å². The number of rotatable bonds is 6. The second-order valence-electron chi connectivity index (χ2n) is 9.82. The third kappa shape index (κ3) is 4.31. The summed E-state index contributed by atoms with van der Waals surface area (Å²) in [6.45, 7) is 7.07. The third-order valence-corrected chi connectivity index (χ3v) is 7.90. The summed E-state index contributed by atoms with van der Waals surface area (Å²) in [4.78, 5) is 19.9. The Morgan fingerprint density at radius 1 is 1.09 bits per heavy atom. The monoisotopic (exact) mass is 467 g/mol. The largest absolute Gasteiger partial charge is 0.395 e. The maximum absolute atomic E-state index is 14.3. The van der Waals surface area contributed by atoms with Gasteiger partial charge in [0.1, 0.15) is 5.82 Å². The summed E-state index contributed by atoms with van der Waals surface area (Å²) in [5, 5.41) is 9.35. The van der Waals surface area contributed by atoms with Crippen LogP contribution in [0.5, 0.6) is 0 Å². The van der Waals surface area contributed by atoms with Crippen molar-refractivity contribution in [2.24, 2.45) is 0 Å². The highest BCUT2D eigenvalue weighted by molar-refractivity contribution is 5.95. The van der Waals surface area contributed by atoms with Gasteiger partial charge in [-0.3, -0.25) is 15.8 Å². The van der Waals surface area contributed by atoms with Crippen LogP contribution in [-0.2, 0) is 6.54 Å². The summed E-state index contributed by atoms with van der Waals surface area (Å²) < 4.78 is 14.3. The molecule has 0 atom stereocenters. The van der Waals surface area contributed by atoms with E-state index in [4.69, 9.17) is 0 Å². The van der Waals surface area contributed by atoms with Crippen LogP contribution in [0.2, 0.25) is 0 Å². The van der Waals surface area contributed by atoms with Gasteiger partial charge in [0.2, 0.25) is 0 Å². The SMILES string of the molecule is Cc1c(F)cccc1CN1C(=O)N(c2ccc(C3CNNC3)cc2)CC12CCN(CCO)CC2. The molecule has 3 heterocycles. The van der Waals surface area contributed by atoms with Crippen molar-refractivity contribution in [3.05, 3.63) is 65.0 Å². The van der Waals surface area contributed by atoms with E-state index in [1.54, 1.807) is 13.0 Å². The van der Waals surface area contributed by atoms with Gasteiger partial charge in [-0.05, 0) is 54.7 Å². The number of nitrogens with zero attached hydrogens (tertiary/aromatic N) is 3. The second kappa shape index (κ2) is 9.62. The van der Waals surface area contributed by atoms with E-state index in [0.717, 1.165) is 50.3 Å². The Balaban J connectivity index is 1.42. The Morgan fingerprint density at radius 2 is 1.79 bits per heavy atom. The molecule has 0 aromatic heterocycles. The van der Waals surface area contributed by atoms with Crippen molar-refractivity contribution < 1.29 is 14.3 Å². The van der Waals surface area contributed by atoms with Crippen LogP contribution in [0.1, 0.15) is 35.4 Å². The maximum atomic E-state index is 14.3. The Kier molecular flexibility index (Phi) is 6.57. The molecule has 2 aromatic rings. The quantitative estimate of drug-likeness (QED) is 0.609. The first kappa shape index (κ1) is 23.2. The molecule has 34 heavy (non-hydrogen) atoms. The molecule has 2 amide bonds. The van der Waals surface area contributed by atoms with Crippen molar-refractivity contribution in [1.29, 1.82) is 0 Å². The molecule has 5 rings (SSSR count). The van der Waals surface area contributed by atoms with Crippen LogP contribution in [0.4, 0.5) is 14.9 Å². The number of aliphatic hydroxyl groups excluding tert-OH is 1. The van der Waals surface area contributed by atoms with Crippen LogP contribution in [0.25, 0.3) is 0 Å². The van der Waals surface area contributed by atoms with Crippen molar-refractivity contribution in [2.75, 3.05) is 50.8 Å². The molecule has 3 N–H and O–H groups in total. The van der Waals surface area contributed by atoms with Gasteiger partial charge in [-0.25, -0.2) is 9.18 Å². The number of anilines is 1. The Labute approximate surface area is 200 Å². The molecule has 1 spiro atoms. The number of likely N-dealkylation sites (tertiary alicyclic amines) is 1. The van der Waals surface area contributed by atoms with E-state index in [2.05, 4.69) is 40.0 Å². The molecular formula is C26H34FN5O2. The van der Waals surface area contributed by atoms with Gasteiger partial charge in [0.25, 0.3) is 0 Å². The fourth-order valence-corrected chi connectivity index (χ4v) is 5.61. The summed E-state index contributed by atoms with van der Waals surface area (Å²) >= 11 is 0. The molecule has 0 unspecified atom stereocenters. The molecule has 182 valence electrons. The number of nitrogens with one attached hydrogen (secondary N) is 2. The zero-order valence-corrected chi connectivity index (χ0v) is 19.8. The third-order valence-electron chi connectivity index (χ3n) is 7.90. The van der Waals surface area contributed by atoms with Gasteiger partial charge in [-0.15, -0.1) is 0 Å². The van der Waals surface area contributed by atoms with E-state index in [9.17, 15) is 14.3 Å². The lowest BCUT2D eigenvalue weighted by Crippen LogP contribution is -2.54. The molecule has 3 aliphatic heterocycles. The first-order valence-electron chi connectivity index (χ1n) is 12.2. The lowest BCUT2D eigenvalue weighted by atomic mass is 9.86. The minimum atomic E-state index is -0.306. The fourth-order valence-electron chi connectivity index (χ4n) is 5.61. The van der Waals surface area contributed by atoms with Crippen LogP contribution in [-0.4, -0.2) is 72.4 Å². The second-order valence-corrected chi connectivity index (χ2v) is 9.82. The van der Waals surface area contributed by atoms with Crippen LogP contribution < -0.4 is 15.8 Å². The normalized spacial score (nSPS) is 21.2. The van der Waals surface area contributed by atoms with Gasteiger partial charge >= 0.3 is 6.03 Å². The maximum Gasteiger partial charge on any atom is 0.325 e. The van der Waals surface area contributed by atoms with E-state index in [1.165, 1.54) is 11.6 Å². The first-order valence-corrected chi connectivity index (χ1v) is 12.2. The van der Waals surface area contributed by atoms with Crippen molar-refractivity contribution in [2.45, 2.75) is 37.8 Å². The van der Waals surface area contributed by atoms with Crippen LogP contribution in [0, 0.1) is 12.7 Å². The molecule has 0 bridgehead atoms. The number of aliphatic hydroxyl groups is 1. The molecule has 7 nitrogen and oxygen atoms in total. The predicted molar refractivity (Wildman–Crippen MR) is 130 cm³/mol. The molecule has 3 fully saturated rings. The van der Waals surface area contributed by atoms with Gasteiger partial charge in [0.05, 0.1) is 18.7 Å². The fraction of sp³-hybridized carbons (Fsp3) is 0.500. The van der Waals surface area contributed by atoms with Gasteiger partial charge in [0, 0.05) is 50.9 Å². The van der Waals surface area contributed by atoms with E-state index < -0.39 is 0 Å². The summed E-state index contributed by atoms with van der Waals surface area (Å²) in [7, 11) is 0. The summed E-state index contributed by atoms with van der Waals surface area (Å²) in [5.41, 5.74) is 9.65. The van der Waals surface area contributed by atoms with Crippen molar-refractivity contribution in [3.8, 4) is 0 Å². The Hall–Kier alpha value is -2.52. The van der Waals surface area contributed by atoms with Crippen LogP contribution in [0.15, 0.2) is 42.5 Å². The summed E-state index contributed by atoms with van der Waals surface area (Å²) in [5.74, 6) is 0.192. The summed E-state index contributed by atoms with van der Waals surface area (Å²) in [6, 6.07) is 13.4. The first-order chi connectivity index (χ1) is 16.5. The van der Waals surface area contributed by atoms with E-state index in [-0.39, 0.29) is 24.0 Å². The number of urea groups is 1. The lowest BCUT2D eigenvalue weighted by Gasteiger charge is -2.43. The molecule has 0 saturated carbocycles. The minimum absolute atomic E-state index is 0.0174. The minimum Gasteiger partial charge on any atom is -0.395 e. The van der Waals surface area contributed by atoms with Crippen molar-refractivity contribution in [1.82, 2.24) is 20.7 Å². The molecule has 0 aliphatic carbocycles. The van der Waals surface area contributed by atoms with Gasteiger partial charge in [-0.2, -0.15) is 0 Å². The van der Waals surface area contributed by atoms with Gasteiger partial charge < -0.3 is 14.9 Å². The number of hydrogen-bond donors (Lipinski definition) is 3. The number of halogens is 1. The average Bonchev–Trinajstić information content (AvgIpc) is 3.47. The molecule has 2 aromatic carbocycles. The van der Waals surface area contributed by atoms with Crippen LogP contribution >= 0.6 is 0 Å². The van der Waals surface area contributed by atoms with E-state index >= 15 is 0 Å². The molecule has 3 saturated heterocycles. The highest BCUT2D eigenvalue weighted by atomic mass is 19.1. The van der Waals surface area contributed by atoms with Crippen LogP contribution in [0.3, 0.4) is 0 Å². The highest BCUT2D eigenvalue weighted by Gasteiger charge is 2.51. The molecular weight excluding hydrogens is 433 g/mol. The van der Waals surface area contributed by atoms with E-state index in [0.29, 0.717) is 31.1 Å². The smallest absolute Gasteiger partial charge is 0.325 e. The zero-order valence-electron chi connectivity index (χ0n) is 19.8. The van der Waals surface area contributed by atoms with Gasteiger partial charge in [-0.1, -0.05) is 24.3 Å². The topological polar surface area (TPSA) is 71.1 Å². The number of hydrazine groups is 1. The number of carbonyl (C=O) groups excluding carboxylic acids is 1. The highest BCUT2D eigenvalue weighted by Crippen LogP contribution is 2.40. The average molecular weight is 468 g/mol. The van der Waals surface area contributed by atoms with E-state index in [1.807, 2.05) is 15.9 Å². The number of carbonyl (C=O) groups is 1. The Morgan fingerprint density at radius 3 is 2.47 bits per heavy atom. The number of hydrogen-bond acceptors (Lipinski definition) is 5. The van der Waals surface area contributed by atoms with Crippen molar-refractivity contribution >= 4 is 11.7 Å². The molecule has 3 aliphatic rings.